The van der Waals surface area contributed by atoms with Crippen molar-refractivity contribution in [1.82, 2.24) is 4.98 Å². The lowest BCUT2D eigenvalue weighted by molar-refractivity contribution is 0.323. The topological polar surface area (TPSA) is 48.1 Å². The van der Waals surface area contributed by atoms with Crippen LogP contribution in [0.2, 0.25) is 5.02 Å². The molecular formula is C13H13ClN2OS2. The van der Waals surface area contributed by atoms with Crippen molar-refractivity contribution < 1.29 is 4.74 Å². The van der Waals surface area contributed by atoms with E-state index in [0.29, 0.717) is 22.4 Å². The van der Waals surface area contributed by atoms with Gasteiger partial charge in [-0.25, -0.2) is 4.98 Å². The second-order valence-corrected chi connectivity index (χ2v) is 5.76. The molecule has 0 aliphatic carbocycles. The number of rotatable bonds is 5. The normalized spacial score (nSPS) is 10.4. The zero-order valence-corrected chi connectivity index (χ0v) is 12.7. The van der Waals surface area contributed by atoms with E-state index in [2.05, 4.69) is 4.98 Å². The quantitative estimate of drug-likeness (QED) is 0.860. The second kappa shape index (κ2) is 6.32. The van der Waals surface area contributed by atoms with Crippen LogP contribution in [0.1, 0.15) is 16.1 Å². The van der Waals surface area contributed by atoms with Gasteiger partial charge in [0.05, 0.1) is 22.8 Å². The lowest BCUT2D eigenvalue weighted by Crippen LogP contribution is -2.09. The van der Waals surface area contributed by atoms with Gasteiger partial charge in [0.25, 0.3) is 0 Å². The van der Waals surface area contributed by atoms with E-state index in [0.717, 1.165) is 17.7 Å². The van der Waals surface area contributed by atoms with E-state index in [4.69, 9.17) is 34.3 Å². The number of benzene rings is 1. The number of nitrogens with two attached hydrogens (primary N) is 1. The number of aryl methyl sites for hydroxylation is 1. The number of aromatic nitrogens is 1. The van der Waals surface area contributed by atoms with Crippen molar-refractivity contribution in [2.75, 3.05) is 6.61 Å². The fourth-order valence-corrected chi connectivity index (χ4v) is 2.72. The highest BCUT2D eigenvalue weighted by Gasteiger charge is 2.06. The van der Waals surface area contributed by atoms with Gasteiger partial charge in [0.1, 0.15) is 10.7 Å². The molecule has 0 bridgehead atoms. The van der Waals surface area contributed by atoms with E-state index in [-0.39, 0.29) is 0 Å². The van der Waals surface area contributed by atoms with Crippen molar-refractivity contribution in [1.29, 1.82) is 0 Å². The molecule has 0 unspecified atom stereocenters. The Bertz CT molecular complexity index is 598. The smallest absolute Gasteiger partial charge is 0.137 e. The summed E-state index contributed by atoms with van der Waals surface area (Å²) in [5, 5.41) is 0.520. The molecular weight excluding hydrogens is 300 g/mol. The van der Waals surface area contributed by atoms with Gasteiger partial charge in [-0.3, -0.25) is 0 Å². The van der Waals surface area contributed by atoms with Crippen LogP contribution in [0.15, 0.2) is 23.7 Å². The fourth-order valence-electron chi connectivity index (χ4n) is 1.59. The Morgan fingerprint density at radius 1 is 1.53 bits per heavy atom. The van der Waals surface area contributed by atoms with E-state index in [1.807, 2.05) is 18.5 Å². The maximum absolute atomic E-state index is 6.12. The molecule has 0 amide bonds. The molecule has 0 atom stereocenters. The summed E-state index contributed by atoms with van der Waals surface area (Å²) < 4.78 is 5.66. The van der Waals surface area contributed by atoms with E-state index in [1.54, 1.807) is 23.5 Å². The molecule has 1 aromatic carbocycles. The molecule has 0 saturated heterocycles. The molecule has 19 heavy (non-hydrogen) atoms. The summed E-state index contributed by atoms with van der Waals surface area (Å²) in [7, 11) is 0. The Hall–Kier alpha value is -1.17. The molecule has 0 saturated carbocycles. The summed E-state index contributed by atoms with van der Waals surface area (Å²) in [5.41, 5.74) is 9.18. The van der Waals surface area contributed by atoms with Crippen molar-refractivity contribution in [3.63, 3.8) is 0 Å². The largest absolute Gasteiger partial charge is 0.492 e. The first-order valence-corrected chi connectivity index (χ1v) is 7.35. The highest BCUT2D eigenvalue weighted by Crippen LogP contribution is 2.26. The number of hydrogen-bond donors (Lipinski definition) is 1. The van der Waals surface area contributed by atoms with Gasteiger partial charge in [-0.2, -0.15) is 0 Å². The molecule has 0 radical (unpaired) electrons. The predicted molar refractivity (Wildman–Crippen MR) is 83.4 cm³/mol. The number of nitrogens with zero attached hydrogens (tertiary/aromatic N) is 1. The van der Waals surface area contributed by atoms with Gasteiger partial charge in [0.15, 0.2) is 0 Å². The van der Waals surface area contributed by atoms with Crippen LogP contribution in [0.25, 0.3) is 0 Å². The summed E-state index contributed by atoms with van der Waals surface area (Å²) in [4.78, 5) is 5.76. The van der Waals surface area contributed by atoms with Crippen molar-refractivity contribution in [3.05, 3.63) is 44.9 Å². The lowest BCUT2D eigenvalue weighted by atomic mass is 10.2. The Labute approximate surface area is 126 Å². The summed E-state index contributed by atoms with van der Waals surface area (Å²) >= 11 is 12.6. The number of thiocarbonyl (C=S) groups is 1. The van der Waals surface area contributed by atoms with Crippen LogP contribution in [0.3, 0.4) is 0 Å². The lowest BCUT2D eigenvalue weighted by Gasteiger charge is -2.08. The predicted octanol–water partition coefficient (Wildman–Crippen LogP) is 3.36. The van der Waals surface area contributed by atoms with Gasteiger partial charge < -0.3 is 10.5 Å². The van der Waals surface area contributed by atoms with Crippen LogP contribution in [0, 0.1) is 6.92 Å². The van der Waals surface area contributed by atoms with Crippen molar-refractivity contribution >= 4 is 40.1 Å². The minimum absolute atomic E-state index is 0.328. The third-order valence-electron chi connectivity index (χ3n) is 2.65. The number of thiazole rings is 1. The van der Waals surface area contributed by atoms with Crippen molar-refractivity contribution in [3.8, 4) is 5.75 Å². The molecule has 2 N–H and O–H groups in total. The average Bonchev–Trinajstić information content (AvgIpc) is 2.77. The standard InChI is InChI=1S/C13H13ClN2OS2/c1-8-12(19-7-16-8)4-5-17-11-3-2-9(13(15)18)6-10(11)14/h2-3,6-7H,4-5H2,1H3,(H2,15,18). The minimum atomic E-state index is 0.328. The van der Waals surface area contributed by atoms with Gasteiger partial charge in [-0.1, -0.05) is 23.8 Å². The van der Waals surface area contributed by atoms with Gasteiger partial charge in [0.2, 0.25) is 0 Å². The number of hydrogen-bond acceptors (Lipinski definition) is 4. The average molecular weight is 313 g/mol. The summed E-state index contributed by atoms with van der Waals surface area (Å²) in [6.45, 7) is 2.56. The second-order valence-electron chi connectivity index (χ2n) is 3.97. The number of halogens is 1. The maximum Gasteiger partial charge on any atom is 0.137 e. The van der Waals surface area contributed by atoms with E-state index >= 15 is 0 Å². The van der Waals surface area contributed by atoms with Gasteiger partial charge in [-0.15, -0.1) is 11.3 Å². The molecule has 0 aliphatic rings. The van der Waals surface area contributed by atoms with Crippen LogP contribution < -0.4 is 10.5 Å². The Kier molecular flexibility index (Phi) is 4.74. The Balaban J connectivity index is 1.96. The highest BCUT2D eigenvalue weighted by atomic mass is 35.5. The zero-order chi connectivity index (χ0) is 13.8. The van der Waals surface area contributed by atoms with E-state index < -0.39 is 0 Å². The van der Waals surface area contributed by atoms with Gasteiger partial charge in [0, 0.05) is 16.9 Å². The SMILES string of the molecule is Cc1ncsc1CCOc1ccc(C(N)=S)cc1Cl. The molecule has 0 fully saturated rings. The maximum atomic E-state index is 6.12. The molecule has 1 heterocycles. The molecule has 6 heteroatoms. The van der Waals surface area contributed by atoms with Gasteiger partial charge >= 0.3 is 0 Å². The molecule has 2 aromatic rings. The first-order valence-electron chi connectivity index (χ1n) is 5.69. The molecule has 100 valence electrons. The molecule has 1 aromatic heterocycles. The first kappa shape index (κ1) is 14.2. The molecule has 0 aliphatic heterocycles. The van der Waals surface area contributed by atoms with Crippen LogP contribution in [0.4, 0.5) is 0 Å². The van der Waals surface area contributed by atoms with E-state index in [1.165, 1.54) is 4.88 Å². The zero-order valence-electron chi connectivity index (χ0n) is 10.4. The van der Waals surface area contributed by atoms with Crippen molar-refractivity contribution in [2.24, 2.45) is 5.73 Å². The highest BCUT2D eigenvalue weighted by molar-refractivity contribution is 7.80. The monoisotopic (exact) mass is 312 g/mol. The third kappa shape index (κ3) is 3.65. The van der Waals surface area contributed by atoms with Gasteiger partial charge in [-0.05, 0) is 25.1 Å². The Morgan fingerprint density at radius 2 is 2.32 bits per heavy atom. The van der Waals surface area contributed by atoms with Crippen LogP contribution in [-0.4, -0.2) is 16.6 Å². The molecule has 2 rings (SSSR count). The summed E-state index contributed by atoms with van der Waals surface area (Å²) in [6, 6.07) is 5.31. The van der Waals surface area contributed by atoms with Crippen LogP contribution in [-0.2, 0) is 6.42 Å². The van der Waals surface area contributed by atoms with Crippen LogP contribution in [0.5, 0.6) is 5.75 Å². The molecule has 3 nitrogen and oxygen atoms in total. The first-order chi connectivity index (χ1) is 9.08. The fraction of sp³-hybridized carbons (Fsp3) is 0.231. The summed E-state index contributed by atoms with van der Waals surface area (Å²) in [5.74, 6) is 0.642. The minimum Gasteiger partial charge on any atom is -0.492 e. The summed E-state index contributed by atoms with van der Waals surface area (Å²) in [6.07, 6.45) is 0.823. The van der Waals surface area contributed by atoms with Crippen LogP contribution >= 0.6 is 35.2 Å². The van der Waals surface area contributed by atoms with E-state index in [9.17, 15) is 0 Å². The Morgan fingerprint density at radius 3 is 2.89 bits per heavy atom. The molecule has 0 spiro atoms. The third-order valence-corrected chi connectivity index (χ3v) is 4.17. The number of ether oxygens (including phenoxy) is 1. The van der Waals surface area contributed by atoms with Crippen molar-refractivity contribution in [2.45, 2.75) is 13.3 Å².